The highest BCUT2D eigenvalue weighted by molar-refractivity contribution is 6.45. The second-order valence-electron chi connectivity index (χ2n) is 4.53. The summed E-state index contributed by atoms with van der Waals surface area (Å²) in [6, 6.07) is 10.1. The summed E-state index contributed by atoms with van der Waals surface area (Å²) in [5.41, 5.74) is 1.83. The van der Waals surface area contributed by atoms with Gasteiger partial charge in [-0.1, -0.05) is 53.0 Å². The SMILES string of the molecule is CC(=O)Oc1ccc(C(=O)c2ccc(C)cc2)c(Cl)c1Cl. The Balaban J connectivity index is 2.40. The van der Waals surface area contributed by atoms with Crippen LogP contribution >= 0.6 is 23.2 Å². The third-order valence-electron chi connectivity index (χ3n) is 2.86. The quantitative estimate of drug-likeness (QED) is 0.476. The number of carbonyl (C=O) groups is 2. The van der Waals surface area contributed by atoms with Gasteiger partial charge in [-0.2, -0.15) is 0 Å². The molecule has 0 saturated carbocycles. The van der Waals surface area contributed by atoms with Gasteiger partial charge in [0.05, 0.1) is 5.02 Å². The lowest BCUT2D eigenvalue weighted by Gasteiger charge is -2.09. The Bertz CT molecular complexity index is 706. The van der Waals surface area contributed by atoms with E-state index in [0.717, 1.165) is 5.56 Å². The summed E-state index contributed by atoms with van der Waals surface area (Å²) in [6.07, 6.45) is 0. The van der Waals surface area contributed by atoms with Gasteiger partial charge in [-0.25, -0.2) is 0 Å². The van der Waals surface area contributed by atoms with Crippen molar-refractivity contribution >= 4 is 35.0 Å². The van der Waals surface area contributed by atoms with E-state index in [-0.39, 0.29) is 27.1 Å². The smallest absolute Gasteiger partial charge is 0.308 e. The van der Waals surface area contributed by atoms with Crippen LogP contribution in [0.1, 0.15) is 28.4 Å². The molecular weight excluding hydrogens is 311 g/mol. The van der Waals surface area contributed by atoms with Gasteiger partial charge in [0.15, 0.2) is 11.5 Å². The predicted molar refractivity (Wildman–Crippen MR) is 82.4 cm³/mol. The Kier molecular flexibility index (Phi) is 4.66. The van der Waals surface area contributed by atoms with E-state index in [1.165, 1.54) is 19.1 Å². The predicted octanol–water partition coefficient (Wildman–Crippen LogP) is 4.46. The van der Waals surface area contributed by atoms with E-state index in [1.807, 2.05) is 19.1 Å². The lowest BCUT2D eigenvalue weighted by molar-refractivity contribution is -0.131. The van der Waals surface area contributed by atoms with E-state index in [1.54, 1.807) is 12.1 Å². The molecule has 2 rings (SSSR count). The van der Waals surface area contributed by atoms with Crippen molar-refractivity contribution in [1.29, 1.82) is 0 Å². The summed E-state index contributed by atoms with van der Waals surface area (Å²) >= 11 is 12.2. The maximum atomic E-state index is 12.4. The summed E-state index contributed by atoms with van der Waals surface area (Å²) in [4.78, 5) is 23.4. The van der Waals surface area contributed by atoms with Crippen LogP contribution in [0.2, 0.25) is 10.0 Å². The van der Waals surface area contributed by atoms with Crippen molar-refractivity contribution < 1.29 is 14.3 Å². The number of esters is 1. The van der Waals surface area contributed by atoms with Crippen molar-refractivity contribution in [1.82, 2.24) is 0 Å². The molecule has 0 radical (unpaired) electrons. The molecule has 2 aromatic carbocycles. The minimum absolute atomic E-state index is 0.0461. The van der Waals surface area contributed by atoms with Gasteiger partial charge in [0.1, 0.15) is 5.02 Å². The molecule has 0 bridgehead atoms. The number of rotatable bonds is 3. The normalized spacial score (nSPS) is 10.3. The van der Waals surface area contributed by atoms with Crippen LogP contribution in [-0.4, -0.2) is 11.8 Å². The summed E-state index contributed by atoms with van der Waals surface area (Å²) in [5.74, 6) is -0.614. The third kappa shape index (κ3) is 3.43. The van der Waals surface area contributed by atoms with E-state index >= 15 is 0 Å². The van der Waals surface area contributed by atoms with Gasteiger partial charge in [0.25, 0.3) is 0 Å². The maximum absolute atomic E-state index is 12.4. The van der Waals surface area contributed by atoms with Gasteiger partial charge in [-0.05, 0) is 19.1 Å². The molecule has 0 spiro atoms. The molecule has 0 aliphatic rings. The molecule has 0 aromatic heterocycles. The number of halogens is 2. The summed E-state index contributed by atoms with van der Waals surface area (Å²) in [7, 11) is 0. The van der Waals surface area contributed by atoms with Crippen molar-refractivity contribution in [3.05, 3.63) is 63.1 Å². The maximum Gasteiger partial charge on any atom is 0.308 e. The Labute approximate surface area is 132 Å². The number of ketones is 1. The third-order valence-corrected chi connectivity index (χ3v) is 3.72. The van der Waals surface area contributed by atoms with Crippen LogP contribution in [0.4, 0.5) is 0 Å². The highest BCUT2D eigenvalue weighted by atomic mass is 35.5. The highest BCUT2D eigenvalue weighted by Gasteiger charge is 2.18. The molecule has 0 N–H and O–H groups in total. The van der Waals surface area contributed by atoms with Gasteiger partial charge in [-0.3, -0.25) is 9.59 Å². The first kappa shape index (κ1) is 15.5. The molecule has 0 aliphatic carbocycles. The van der Waals surface area contributed by atoms with E-state index < -0.39 is 5.97 Å². The van der Waals surface area contributed by atoms with Gasteiger partial charge < -0.3 is 4.74 Å². The molecule has 21 heavy (non-hydrogen) atoms. The first-order valence-corrected chi connectivity index (χ1v) is 6.93. The second kappa shape index (κ2) is 6.29. The summed E-state index contributed by atoms with van der Waals surface area (Å²) in [5, 5.41) is 0.117. The monoisotopic (exact) mass is 322 g/mol. The topological polar surface area (TPSA) is 43.4 Å². The van der Waals surface area contributed by atoms with Crippen molar-refractivity contribution in [2.24, 2.45) is 0 Å². The molecule has 0 fully saturated rings. The van der Waals surface area contributed by atoms with Crippen LogP contribution in [0.3, 0.4) is 0 Å². The fourth-order valence-corrected chi connectivity index (χ4v) is 2.25. The van der Waals surface area contributed by atoms with Crippen LogP contribution in [0, 0.1) is 6.92 Å². The van der Waals surface area contributed by atoms with E-state index in [2.05, 4.69) is 0 Å². The Hall–Kier alpha value is -1.84. The van der Waals surface area contributed by atoms with E-state index in [4.69, 9.17) is 27.9 Å². The van der Waals surface area contributed by atoms with Crippen molar-refractivity contribution in [2.45, 2.75) is 13.8 Å². The molecule has 5 heteroatoms. The molecule has 0 saturated heterocycles. The number of hydrogen-bond acceptors (Lipinski definition) is 3. The molecule has 0 aliphatic heterocycles. The zero-order chi connectivity index (χ0) is 15.6. The number of benzene rings is 2. The standard InChI is InChI=1S/C16H12Cl2O3/c1-9-3-5-11(6-4-9)16(20)12-7-8-13(21-10(2)19)15(18)14(12)17/h3-8H,1-2H3. The molecule has 0 atom stereocenters. The number of aryl methyl sites for hydroxylation is 1. The molecule has 0 unspecified atom stereocenters. The van der Waals surface area contributed by atoms with E-state index in [0.29, 0.717) is 5.56 Å². The fourth-order valence-electron chi connectivity index (χ4n) is 1.80. The second-order valence-corrected chi connectivity index (χ2v) is 5.28. The minimum atomic E-state index is -0.509. The molecule has 0 heterocycles. The summed E-state index contributed by atoms with van der Waals surface area (Å²) in [6.45, 7) is 3.20. The largest absolute Gasteiger partial charge is 0.425 e. The number of carbonyl (C=O) groups excluding carboxylic acids is 2. The average Bonchev–Trinajstić information content (AvgIpc) is 2.44. The lowest BCUT2D eigenvalue weighted by atomic mass is 10.0. The first-order valence-electron chi connectivity index (χ1n) is 6.18. The fraction of sp³-hybridized carbons (Fsp3) is 0.125. The van der Waals surface area contributed by atoms with Gasteiger partial charge >= 0.3 is 5.97 Å². The summed E-state index contributed by atoms with van der Waals surface area (Å²) < 4.78 is 4.92. The molecule has 0 amide bonds. The van der Waals surface area contributed by atoms with Crippen LogP contribution < -0.4 is 4.74 Å². The minimum Gasteiger partial charge on any atom is -0.425 e. The number of hydrogen-bond donors (Lipinski definition) is 0. The van der Waals surface area contributed by atoms with Crippen LogP contribution in [0.15, 0.2) is 36.4 Å². The molecule has 3 nitrogen and oxygen atoms in total. The van der Waals surface area contributed by atoms with Crippen molar-refractivity contribution in [3.8, 4) is 5.75 Å². The highest BCUT2D eigenvalue weighted by Crippen LogP contribution is 2.35. The lowest BCUT2D eigenvalue weighted by Crippen LogP contribution is -2.05. The molecule has 108 valence electrons. The van der Waals surface area contributed by atoms with Crippen LogP contribution in [-0.2, 0) is 4.79 Å². The Morgan fingerprint density at radius 2 is 1.57 bits per heavy atom. The van der Waals surface area contributed by atoms with Crippen LogP contribution in [0.5, 0.6) is 5.75 Å². The first-order chi connectivity index (χ1) is 9.90. The molecular formula is C16H12Cl2O3. The van der Waals surface area contributed by atoms with Gasteiger partial charge in [0, 0.05) is 18.1 Å². The van der Waals surface area contributed by atoms with Crippen LogP contribution in [0.25, 0.3) is 0 Å². The Morgan fingerprint density at radius 1 is 0.952 bits per heavy atom. The van der Waals surface area contributed by atoms with E-state index in [9.17, 15) is 9.59 Å². The zero-order valence-corrected chi connectivity index (χ0v) is 13.0. The molecule has 2 aromatic rings. The van der Waals surface area contributed by atoms with Gasteiger partial charge in [-0.15, -0.1) is 0 Å². The van der Waals surface area contributed by atoms with Crippen molar-refractivity contribution in [3.63, 3.8) is 0 Å². The number of ether oxygens (including phenoxy) is 1. The zero-order valence-electron chi connectivity index (χ0n) is 11.4. The van der Waals surface area contributed by atoms with Gasteiger partial charge in [0.2, 0.25) is 0 Å². The average molecular weight is 323 g/mol. The Morgan fingerprint density at radius 3 is 2.14 bits per heavy atom. The van der Waals surface area contributed by atoms with Crippen molar-refractivity contribution in [2.75, 3.05) is 0 Å².